The van der Waals surface area contributed by atoms with Gasteiger partial charge in [0.05, 0.1) is 0 Å². The lowest BCUT2D eigenvalue weighted by molar-refractivity contribution is -0.203. The molecule has 4 rings (SSSR count). The summed E-state index contributed by atoms with van der Waals surface area (Å²) in [6.45, 7) is -2.31. The van der Waals surface area contributed by atoms with Crippen LogP contribution in [0.1, 0.15) is 25.6 Å². The average molecular weight is 610 g/mol. The van der Waals surface area contributed by atoms with Crippen LogP contribution in [0.3, 0.4) is 0 Å². The number of halogens is 1. The number of carbonyl (C=O) groups excluding carboxylic acids is 1. The first-order valence-electron chi connectivity index (χ1n) is 12.4. The number of aliphatic hydroxyl groups is 2. The van der Waals surface area contributed by atoms with Gasteiger partial charge in [-0.2, -0.15) is 0 Å². The fourth-order valence-corrected chi connectivity index (χ4v) is 6.43. The van der Waals surface area contributed by atoms with E-state index in [4.69, 9.17) is 30.3 Å². The molecule has 220 valence electrons. The van der Waals surface area contributed by atoms with Gasteiger partial charge in [-0.25, -0.2) is 14.3 Å². The highest BCUT2D eigenvalue weighted by molar-refractivity contribution is 8.09. The van der Waals surface area contributed by atoms with Crippen LogP contribution in [-0.2, 0) is 37.2 Å². The average Bonchev–Trinajstić information content (AvgIpc) is 3.12. The van der Waals surface area contributed by atoms with Crippen molar-refractivity contribution < 1.29 is 37.9 Å². The van der Waals surface area contributed by atoms with Gasteiger partial charge in [0.25, 0.3) is 11.4 Å². The summed E-state index contributed by atoms with van der Waals surface area (Å²) in [7, 11) is 0. The summed E-state index contributed by atoms with van der Waals surface area (Å²) in [6.07, 6.45) is -2.98. The molecular weight excluding hydrogens is 580 g/mol. The molecule has 0 amide bonds. The van der Waals surface area contributed by atoms with Crippen LogP contribution in [-0.4, -0.2) is 55.9 Å². The zero-order valence-electron chi connectivity index (χ0n) is 22.0. The van der Waals surface area contributed by atoms with E-state index in [1.807, 2.05) is 11.1 Å². The number of rotatable bonds is 11. The third-order valence-corrected chi connectivity index (χ3v) is 8.68. The summed E-state index contributed by atoms with van der Waals surface area (Å²) in [4.78, 5) is 38.4. The maximum atomic E-state index is 16.1. The highest BCUT2D eigenvalue weighted by Gasteiger charge is 2.63. The summed E-state index contributed by atoms with van der Waals surface area (Å²) in [5.74, 6) is -3.53. The second-order valence-corrected chi connectivity index (χ2v) is 12.7. The number of aromatic amines is 1. The van der Waals surface area contributed by atoms with Gasteiger partial charge in [0.2, 0.25) is 0 Å². The number of H-pyrrole nitrogens is 1. The lowest BCUT2D eigenvalue weighted by atomic mass is 9.95. The van der Waals surface area contributed by atoms with E-state index >= 15 is 4.39 Å². The quantitative estimate of drug-likeness (QED) is 0.186. The van der Waals surface area contributed by atoms with Crippen molar-refractivity contribution in [3.05, 3.63) is 99.3 Å². The summed E-state index contributed by atoms with van der Waals surface area (Å²) < 4.78 is 39.0. The monoisotopic (exact) mass is 609 g/mol. The number of aliphatic hydroxyl groups excluding tert-OH is 1. The lowest BCUT2D eigenvalue weighted by Crippen LogP contribution is -2.50. The number of nitrogens with one attached hydrogen (secondary N) is 2. The van der Waals surface area contributed by atoms with Crippen LogP contribution in [0.25, 0.3) is 0 Å². The molecule has 1 aromatic heterocycles. The Labute approximate surface area is 238 Å². The third kappa shape index (κ3) is 7.16. The molecule has 0 aliphatic carbocycles. The summed E-state index contributed by atoms with van der Waals surface area (Å²) in [6, 6.07) is 17.1. The highest BCUT2D eigenvalue weighted by atomic mass is 32.5. The molecule has 0 saturated carbocycles. The molecule has 2 aromatic carbocycles. The SMILES string of the molecule is C[C@H](NP(=S)(OC[C@@]1(F)O[C@@H](n2ccc(=O)[nH]c2=O)[C@](C)(O)[C@@H]1O)Oc1ccccc1)C(=O)OCc1ccccc1. The molecule has 1 saturated heterocycles. The molecule has 15 heteroatoms. The fraction of sp³-hybridized carbons (Fsp3) is 0.346. The van der Waals surface area contributed by atoms with Crippen LogP contribution in [0.5, 0.6) is 5.75 Å². The van der Waals surface area contributed by atoms with E-state index in [-0.39, 0.29) is 12.4 Å². The molecule has 0 spiro atoms. The molecule has 1 aliphatic rings. The van der Waals surface area contributed by atoms with Gasteiger partial charge in [0.1, 0.15) is 36.7 Å². The van der Waals surface area contributed by atoms with Crippen LogP contribution >= 0.6 is 6.64 Å². The number of aromatic nitrogens is 2. The van der Waals surface area contributed by atoms with Gasteiger partial charge in [0.15, 0.2) is 6.23 Å². The Morgan fingerprint density at radius 1 is 1.20 bits per heavy atom. The van der Waals surface area contributed by atoms with Crippen LogP contribution in [0.15, 0.2) is 82.5 Å². The minimum atomic E-state index is -3.76. The first-order chi connectivity index (χ1) is 19.3. The van der Waals surface area contributed by atoms with Gasteiger partial charge in [-0.05, 0) is 43.4 Å². The molecule has 1 aliphatic heterocycles. The standard InChI is InChI=1S/C26H29FN3O9PS/c1-17(21(32)36-15-18-9-5-3-6-10-18)29-40(41,39-19-11-7-4-8-12-19)37-16-26(27)22(33)25(2,35)23(38-26)30-14-13-20(31)28-24(30)34/h3-14,17,22-23,33,35H,15-16H2,1-2H3,(H,29,41)(H,28,31,34)/t17-,22-,23+,25+,26+,40?/m0/s1. The Balaban J connectivity index is 1.52. The molecule has 4 N–H and O–H groups in total. The summed E-state index contributed by atoms with van der Waals surface area (Å²) in [5.41, 5.74) is -3.30. The Morgan fingerprint density at radius 2 is 1.83 bits per heavy atom. The van der Waals surface area contributed by atoms with Crippen molar-refractivity contribution in [1.29, 1.82) is 0 Å². The zero-order chi connectivity index (χ0) is 29.8. The smallest absolute Gasteiger partial charge is 0.330 e. The number of carbonyl (C=O) groups is 1. The number of para-hydroxylation sites is 1. The van der Waals surface area contributed by atoms with Gasteiger partial charge in [-0.3, -0.25) is 19.1 Å². The highest BCUT2D eigenvalue weighted by Crippen LogP contribution is 2.50. The van der Waals surface area contributed by atoms with E-state index in [0.717, 1.165) is 29.3 Å². The molecule has 12 nitrogen and oxygen atoms in total. The second kappa shape index (κ2) is 12.3. The number of nitrogens with zero attached hydrogens (tertiary/aromatic N) is 1. The molecule has 1 unspecified atom stereocenters. The number of hydrogen-bond donors (Lipinski definition) is 4. The van der Waals surface area contributed by atoms with E-state index in [2.05, 4.69) is 5.09 Å². The molecular formula is C26H29FN3O9PS. The van der Waals surface area contributed by atoms with Crippen LogP contribution in [0, 0.1) is 0 Å². The molecule has 0 bridgehead atoms. The molecule has 2 heterocycles. The van der Waals surface area contributed by atoms with Gasteiger partial charge in [0, 0.05) is 12.3 Å². The van der Waals surface area contributed by atoms with Crippen molar-refractivity contribution in [3.8, 4) is 5.75 Å². The minimum Gasteiger partial charge on any atom is -0.460 e. The molecule has 3 aromatic rings. The minimum absolute atomic E-state index is 0.00316. The van der Waals surface area contributed by atoms with Crippen LogP contribution < -0.4 is 20.9 Å². The van der Waals surface area contributed by atoms with Crippen LogP contribution in [0.4, 0.5) is 4.39 Å². The number of alkyl halides is 1. The van der Waals surface area contributed by atoms with Crippen molar-refractivity contribution in [1.82, 2.24) is 14.6 Å². The van der Waals surface area contributed by atoms with Crippen molar-refractivity contribution in [3.63, 3.8) is 0 Å². The van der Waals surface area contributed by atoms with Gasteiger partial charge in [-0.15, -0.1) is 0 Å². The van der Waals surface area contributed by atoms with Gasteiger partial charge < -0.3 is 28.7 Å². The molecule has 6 atom stereocenters. The maximum Gasteiger partial charge on any atom is 0.330 e. The van der Waals surface area contributed by atoms with Gasteiger partial charge >= 0.3 is 18.3 Å². The predicted molar refractivity (Wildman–Crippen MR) is 148 cm³/mol. The summed E-state index contributed by atoms with van der Waals surface area (Å²) >= 11 is 5.58. The van der Waals surface area contributed by atoms with Crippen molar-refractivity contribution in [2.45, 2.75) is 50.3 Å². The predicted octanol–water partition coefficient (Wildman–Crippen LogP) is 1.88. The largest absolute Gasteiger partial charge is 0.460 e. The Kier molecular flexibility index (Phi) is 9.24. The maximum absolute atomic E-state index is 16.1. The normalized spacial score (nSPS) is 26.2. The number of ether oxygens (including phenoxy) is 2. The first kappa shape index (κ1) is 30.7. The van der Waals surface area contributed by atoms with E-state index < -0.39 is 60.3 Å². The Hall–Kier alpha value is -3.23. The Morgan fingerprint density at radius 3 is 2.46 bits per heavy atom. The molecule has 0 radical (unpaired) electrons. The van der Waals surface area contributed by atoms with Gasteiger partial charge in [-0.1, -0.05) is 48.5 Å². The van der Waals surface area contributed by atoms with E-state index in [9.17, 15) is 24.6 Å². The third-order valence-electron chi connectivity index (χ3n) is 6.20. The first-order valence-corrected chi connectivity index (χ1v) is 15.0. The second-order valence-electron chi connectivity index (χ2n) is 9.52. The molecule has 41 heavy (non-hydrogen) atoms. The van der Waals surface area contributed by atoms with E-state index in [1.165, 1.54) is 6.92 Å². The van der Waals surface area contributed by atoms with Crippen molar-refractivity contribution in [2.75, 3.05) is 6.61 Å². The molecule has 1 fully saturated rings. The van der Waals surface area contributed by atoms with Crippen molar-refractivity contribution in [2.24, 2.45) is 0 Å². The van der Waals surface area contributed by atoms with E-state index in [1.54, 1.807) is 54.6 Å². The number of esters is 1. The summed E-state index contributed by atoms with van der Waals surface area (Å²) in [5, 5.41) is 24.4. The topological polar surface area (TPSA) is 161 Å². The lowest BCUT2D eigenvalue weighted by Gasteiger charge is -2.30. The van der Waals surface area contributed by atoms with E-state index in [0.29, 0.717) is 0 Å². The van der Waals surface area contributed by atoms with Crippen molar-refractivity contribution >= 4 is 24.4 Å². The number of hydrogen-bond acceptors (Lipinski definition) is 10. The number of benzene rings is 2. The fourth-order valence-electron chi connectivity index (χ4n) is 4.03. The zero-order valence-corrected chi connectivity index (χ0v) is 23.7. The van der Waals surface area contributed by atoms with Crippen LogP contribution in [0.2, 0.25) is 0 Å². The Bertz CT molecular complexity index is 1520.